The number of rotatable bonds is 3. The van der Waals surface area contributed by atoms with Crippen molar-refractivity contribution < 1.29 is 4.39 Å². The fourth-order valence-corrected chi connectivity index (χ4v) is 1.89. The molecule has 0 amide bonds. The van der Waals surface area contributed by atoms with Crippen LogP contribution in [0.3, 0.4) is 0 Å². The Kier molecular flexibility index (Phi) is 3.24. The summed E-state index contributed by atoms with van der Waals surface area (Å²) in [4.78, 5) is 0. The molecule has 2 rings (SSSR count). The average Bonchev–Trinajstić information content (AvgIpc) is 2.67. The number of benzene rings is 1. The van der Waals surface area contributed by atoms with Gasteiger partial charge in [0.05, 0.1) is 6.20 Å². The number of hydrogen-bond donors (Lipinski definition) is 1. The van der Waals surface area contributed by atoms with Crippen molar-refractivity contribution in [3.8, 4) is 0 Å². The highest BCUT2D eigenvalue weighted by Gasteiger charge is 2.13. The van der Waals surface area contributed by atoms with Crippen molar-refractivity contribution in [3.63, 3.8) is 0 Å². The lowest BCUT2D eigenvalue weighted by Gasteiger charge is -2.12. The maximum absolute atomic E-state index is 13.6. The Morgan fingerprint density at radius 1 is 1.47 bits per heavy atom. The molecule has 17 heavy (non-hydrogen) atoms. The number of hydrogen-bond acceptors (Lipinski definition) is 2. The molecule has 1 aromatic carbocycles. The summed E-state index contributed by atoms with van der Waals surface area (Å²) in [7, 11) is 1.85. The van der Waals surface area contributed by atoms with Crippen molar-refractivity contribution in [1.82, 2.24) is 9.78 Å². The van der Waals surface area contributed by atoms with Crippen LogP contribution >= 0.6 is 0 Å². The maximum atomic E-state index is 13.6. The smallest absolute Gasteiger partial charge is 0.128 e. The lowest BCUT2D eigenvalue weighted by Crippen LogP contribution is -2.15. The Balaban J connectivity index is 2.19. The molecule has 0 saturated heterocycles. The highest BCUT2D eigenvalue weighted by Crippen LogP contribution is 2.20. The van der Waals surface area contributed by atoms with Gasteiger partial charge in [-0.05, 0) is 25.0 Å². The second-order valence-corrected chi connectivity index (χ2v) is 4.36. The summed E-state index contributed by atoms with van der Waals surface area (Å²) >= 11 is 0. The first-order valence-corrected chi connectivity index (χ1v) is 5.55. The van der Waals surface area contributed by atoms with Gasteiger partial charge in [0.15, 0.2) is 0 Å². The Morgan fingerprint density at radius 2 is 2.24 bits per heavy atom. The molecule has 0 spiro atoms. The summed E-state index contributed by atoms with van der Waals surface area (Å²) in [6, 6.07) is 4.68. The monoisotopic (exact) mass is 233 g/mol. The van der Waals surface area contributed by atoms with E-state index in [9.17, 15) is 4.39 Å². The first kappa shape index (κ1) is 11.8. The molecule has 0 bridgehead atoms. The molecule has 0 aliphatic heterocycles. The van der Waals surface area contributed by atoms with Crippen LogP contribution in [0, 0.1) is 12.7 Å². The minimum Gasteiger partial charge on any atom is -0.324 e. The first-order valence-electron chi connectivity index (χ1n) is 5.55. The minimum atomic E-state index is -0.334. The van der Waals surface area contributed by atoms with E-state index in [4.69, 9.17) is 5.73 Å². The molecule has 0 aliphatic carbocycles. The van der Waals surface area contributed by atoms with Crippen LogP contribution in [-0.2, 0) is 13.5 Å². The van der Waals surface area contributed by atoms with Gasteiger partial charge in [-0.15, -0.1) is 0 Å². The molecule has 1 aromatic heterocycles. The molecular formula is C13H16FN3. The lowest BCUT2D eigenvalue weighted by atomic mass is 9.99. The average molecular weight is 233 g/mol. The second-order valence-electron chi connectivity index (χ2n) is 4.36. The van der Waals surface area contributed by atoms with E-state index in [1.54, 1.807) is 23.0 Å². The van der Waals surface area contributed by atoms with E-state index in [2.05, 4.69) is 5.10 Å². The zero-order valence-electron chi connectivity index (χ0n) is 10.0. The Bertz CT molecular complexity index is 519. The third-order valence-corrected chi connectivity index (χ3v) is 2.76. The van der Waals surface area contributed by atoms with Crippen LogP contribution in [-0.4, -0.2) is 9.78 Å². The van der Waals surface area contributed by atoms with E-state index in [1.807, 2.05) is 20.2 Å². The molecule has 1 heterocycles. The number of halogens is 1. The zero-order chi connectivity index (χ0) is 12.4. The second kappa shape index (κ2) is 4.67. The van der Waals surface area contributed by atoms with Gasteiger partial charge in [-0.1, -0.05) is 17.7 Å². The predicted molar refractivity (Wildman–Crippen MR) is 65.0 cm³/mol. The van der Waals surface area contributed by atoms with Gasteiger partial charge >= 0.3 is 0 Å². The molecule has 1 atom stereocenters. The van der Waals surface area contributed by atoms with Gasteiger partial charge in [0.1, 0.15) is 5.82 Å². The fraction of sp³-hybridized carbons (Fsp3) is 0.308. The molecular weight excluding hydrogens is 217 g/mol. The molecule has 0 fully saturated rings. The topological polar surface area (TPSA) is 43.8 Å². The normalized spacial score (nSPS) is 12.7. The molecule has 2 aromatic rings. The van der Waals surface area contributed by atoms with Crippen molar-refractivity contribution in [2.24, 2.45) is 12.8 Å². The van der Waals surface area contributed by atoms with Crippen LogP contribution < -0.4 is 5.73 Å². The first-order chi connectivity index (χ1) is 8.06. The Hall–Kier alpha value is -1.68. The van der Waals surface area contributed by atoms with Crippen LogP contribution in [0.25, 0.3) is 0 Å². The molecule has 3 nitrogen and oxygen atoms in total. The quantitative estimate of drug-likeness (QED) is 0.882. The summed E-state index contributed by atoms with van der Waals surface area (Å²) in [5.74, 6) is -0.244. The van der Waals surface area contributed by atoms with Crippen molar-refractivity contribution in [3.05, 3.63) is 53.1 Å². The van der Waals surface area contributed by atoms with Crippen LogP contribution in [0.5, 0.6) is 0 Å². The number of nitrogens with two attached hydrogens (primary N) is 1. The van der Waals surface area contributed by atoms with E-state index < -0.39 is 0 Å². The van der Waals surface area contributed by atoms with E-state index in [0.717, 1.165) is 11.1 Å². The molecule has 0 saturated carbocycles. The minimum absolute atomic E-state index is 0.244. The van der Waals surface area contributed by atoms with Gasteiger partial charge in [0.2, 0.25) is 0 Å². The summed E-state index contributed by atoms with van der Waals surface area (Å²) in [6.45, 7) is 1.93. The van der Waals surface area contributed by atoms with Gasteiger partial charge in [-0.2, -0.15) is 5.10 Å². The molecule has 4 heteroatoms. The number of nitrogens with zero attached hydrogens (tertiary/aromatic N) is 2. The van der Waals surface area contributed by atoms with E-state index in [-0.39, 0.29) is 11.9 Å². The standard InChI is InChI=1S/C13H16FN3/c1-9-3-4-12(14)11(5-9)13(15)6-10-7-16-17(2)8-10/h3-5,7-8,13H,6,15H2,1-2H3. The molecule has 0 radical (unpaired) electrons. The van der Waals surface area contributed by atoms with Crippen LogP contribution in [0.1, 0.15) is 22.7 Å². The maximum Gasteiger partial charge on any atom is 0.128 e. The largest absolute Gasteiger partial charge is 0.324 e. The zero-order valence-corrected chi connectivity index (χ0v) is 10.0. The van der Waals surface area contributed by atoms with E-state index in [0.29, 0.717) is 12.0 Å². The Labute approximate surface area is 100 Å². The van der Waals surface area contributed by atoms with Crippen LogP contribution in [0.15, 0.2) is 30.6 Å². The summed E-state index contributed by atoms with van der Waals surface area (Å²) < 4.78 is 15.3. The highest BCUT2D eigenvalue weighted by atomic mass is 19.1. The molecule has 0 aliphatic rings. The third-order valence-electron chi connectivity index (χ3n) is 2.76. The van der Waals surface area contributed by atoms with Gasteiger partial charge in [0, 0.05) is 24.8 Å². The third kappa shape index (κ3) is 2.71. The summed E-state index contributed by atoms with van der Waals surface area (Å²) in [5, 5.41) is 4.07. The van der Waals surface area contributed by atoms with Gasteiger partial charge < -0.3 is 5.73 Å². The van der Waals surface area contributed by atoms with Crippen molar-refractivity contribution in [2.75, 3.05) is 0 Å². The van der Waals surface area contributed by atoms with Crippen LogP contribution in [0.2, 0.25) is 0 Å². The number of aryl methyl sites for hydroxylation is 2. The fourth-order valence-electron chi connectivity index (χ4n) is 1.89. The molecule has 90 valence electrons. The van der Waals surface area contributed by atoms with E-state index >= 15 is 0 Å². The number of aromatic nitrogens is 2. The summed E-state index contributed by atoms with van der Waals surface area (Å²) in [6.07, 6.45) is 4.25. The predicted octanol–water partition coefficient (Wildman–Crippen LogP) is 2.11. The van der Waals surface area contributed by atoms with E-state index in [1.165, 1.54) is 6.07 Å². The Morgan fingerprint density at radius 3 is 2.88 bits per heavy atom. The van der Waals surface area contributed by atoms with Crippen LogP contribution in [0.4, 0.5) is 4.39 Å². The molecule has 2 N–H and O–H groups in total. The van der Waals surface area contributed by atoms with Gasteiger partial charge in [-0.25, -0.2) is 4.39 Å². The molecule has 1 unspecified atom stereocenters. The van der Waals surface area contributed by atoms with Crippen molar-refractivity contribution >= 4 is 0 Å². The summed E-state index contributed by atoms with van der Waals surface area (Å²) in [5.41, 5.74) is 8.62. The SMILES string of the molecule is Cc1ccc(F)c(C(N)Cc2cnn(C)c2)c1. The van der Waals surface area contributed by atoms with Gasteiger partial charge in [-0.3, -0.25) is 4.68 Å². The lowest BCUT2D eigenvalue weighted by molar-refractivity contribution is 0.579. The van der Waals surface area contributed by atoms with Gasteiger partial charge in [0.25, 0.3) is 0 Å². The highest BCUT2D eigenvalue weighted by molar-refractivity contribution is 5.28. The van der Waals surface area contributed by atoms with Crippen molar-refractivity contribution in [2.45, 2.75) is 19.4 Å². The van der Waals surface area contributed by atoms with Crippen molar-refractivity contribution in [1.29, 1.82) is 0 Å².